The van der Waals surface area contributed by atoms with Crippen molar-refractivity contribution in [3.63, 3.8) is 0 Å². The third kappa shape index (κ3) is 3.08. The van der Waals surface area contributed by atoms with Crippen LogP contribution in [0, 0.1) is 0 Å². The summed E-state index contributed by atoms with van der Waals surface area (Å²) in [5, 5.41) is 0. The monoisotopic (exact) mass is 602 g/mol. The average Bonchev–Trinajstić information content (AvgIpc) is 3.16. The topological polar surface area (TPSA) is 17.1 Å². The van der Waals surface area contributed by atoms with Crippen LogP contribution in [-0.2, 0) is 0 Å². The second-order valence-electron chi connectivity index (χ2n) is 3.67. The molecular formula is C11H6OS4Se4. The first-order valence-electron chi connectivity index (χ1n) is 5.54. The van der Waals surface area contributed by atoms with E-state index in [1.54, 1.807) is 11.0 Å². The van der Waals surface area contributed by atoms with Gasteiger partial charge in [-0.15, -0.1) is 0 Å². The summed E-state index contributed by atoms with van der Waals surface area (Å²) in [6, 6.07) is 0. The van der Waals surface area contributed by atoms with E-state index in [0.29, 0.717) is 64.6 Å². The molecule has 20 heavy (non-hydrogen) atoms. The van der Waals surface area contributed by atoms with Crippen molar-refractivity contribution >= 4 is 113 Å². The van der Waals surface area contributed by atoms with Gasteiger partial charge in [-0.05, 0) is 0 Å². The van der Waals surface area contributed by atoms with E-state index in [4.69, 9.17) is 0 Å². The molecule has 104 valence electrons. The Morgan fingerprint density at radius 1 is 0.900 bits per heavy atom. The van der Waals surface area contributed by atoms with Gasteiger partial charge in [-0.25, -0.2) is 0 Å². The van der Waals surface area contributed by atoms with Crippen LogP contribution < -0.4 is 13.1 Å². The molecular weight excluding hydrogens is 592 g/mol. The Morgan fingerprint density at radius 3 is 2.20 bits per heavy atom. The van der Waals surface area contributed by atoms with E-state index in [9.17, 15) is 4.79 Å². The predicted molar refractivity (Wildman–Crippen MR) is 98.6 cm³/mol. The first-order chi connectivity index (χ1) is 9.81. The summed E-state index contributed by atoms with van der Waals surface area (Å²) in [5.41, 5.74) is 0. The maximum atomic E-state index is 12.3. The molecule has 4 heterocycles. The van der Waals surface area contributed by atoms with Crippen LogP contribution in [0.2, 0.25) is 0 Å². The van der Waals surface area contributed by atoms with Crippen LogP contribution in [0.25, 0.3) is 6.74 Å². The van der Waals surface area contributed by atoms with Gasteiger partial charge < -0.3 is 0 Å². The van der Waals surface area contributed by atoms with E-state index < -0.39 is 0 Å². The minimum absolute atomic E-state index is 0.330. The molecule has 0 aliphatic carbocycles. The summed E-state index contributed by atoms with van der Waals surface area (Å²) in [5.74, 6) is 2.55. The maximum absolute atomic E-state index is 12.3. The first-order valence-corrected chi connectivity index (χ1v) is 16.3. The molecule has 0 amide bonds. The molecule has 1 aromatic heterocycles. The Morgan fingerprint density at radius 2 is 1.55 bits per heavy atom. The standard InChI is InChI=1S/C11H6OS4Se4/c12-6-5(10-17-3-4-18-10)15-7(16-6)11-19-8-9(20-11)14-2-1-13-8/h3-4H,1-2H2. The van der Waals surface area contributed by atoms with Gasteiger partial charge in [-0.1, -0.05) is 0 Å². The minimum atomic E-state index is 0.330. The van der Waals surface area contributed by atoms with Gasteiger partial charge in [0.05, 0.1) is 0 Å². The molecule has 0 fully saturated rings. The van der Waals surface area contributed by atoms with Crippen LogP contribution in [0.1, 0.15) is 0 Å². The molecule has 0 saturated heterocycles. The van der Waals surface area contributed by atoms with Crippen LogP contribution in [0.3, 0.4) is 0 Å². The number of hydrogen-bond donors (Lipinski definition) is 0. The van der Waals surface area contributed by atoms with Crippen molar-refractivity contribution in [3.8, 4) is 0 Å². The number of hydrogen-bond acceptors (Lipinski definition) is 5. The van der Waals surface area contributed by atoms with Crippen molar-refractivity contribution in [2.24, 2.45) is 0 Å². The van der Waals surface area contributed by atoms with Crippen LogP contribution in [-0.4, -0.2) is 71.3 Å². The fourth-order valence-corrected chi connectivity index (χ4v) is 22.8. The molecule has 0 aromatic carbocycles. The summed E-state index contributed by atoms with van der Waals surface area (Å²) in [6.45, 7) is 0. The third-order valence-corrected chi connectivity index (χ3v) is 23.2. The van der Waals surface area contributed by atoms with Crippen molar-refractivity contribution in [2.75, 3.05) is 11.5 Å². The van der Waals surface area contributed by atoms with Gasteiger partial charge >= 0.3 is 160 Å². The fourth-order valence-electron chi connectivity index (χ4n) is 1.61. The van der Waals surface area contributed by atoms with Gasteiger partial charge in [0.1, 0.15) is 0 Å². The van der Waals surface area contributed by atoms with E-state index in [1.165, 1.54) is 30.1 Å². The Kier molecular flexibility index (Phi) is 5.20. The van der Waals surface area contributed by atoms with Gasteiger partial charge in [0, 0.05) is 0 Å². The molecule has 0 atom stereocenters. The zero-order chi connectivity index (χ0) is 13.5. The Labute approximate surface area is 157 Å². The molecule has 0 bridgehead atoms. The van der Waals surface area contributed by atoms with Gasteiger partial charge in [-0.2, -0.15) is 0 Å². The quantitative estimate of drug-likeness (QED) is 0.399. The Hall–Kier alpha value is 1.85. The summed E-state index contributed by atoms with van der Waals surface area (Å²) < 4.78 is 9.20. The number of rotatable bonds is 0. The van der Waals surface area contributed by atoms with E-state index in [2.05, 4.69) is 33.5 Å². The van der Waals surface area contributed by atoms with E-state index in [-0.39, 0.29) is 0 Å². The van der Waals surface area contributed by atoms with Crippen molar-refractivity contribution < 1.29 is 0 Å². The summed E-state index contributed by atoms with van der Waals surface area (Å²) in [6.07, 6.45) is 0. The average molecular weight is 598 g/mol. The van der Waals surface area contributed by atoms with Gasteiger partial charge in [0.15, 0.2) is 0 Å². The van der Waals surface area contributed by atoms with Gasteiger partial charge in [0.25, 0.3) is 0 Å². The van der Waals surface area contributed by atoms with Crippen LogP contribution in [0.5, 0.6) is 0 Å². The number of thioether (sulfide) groups is 2. The van der Waals surface area contributed by atoms with Gasteiger partial charge in [0.2, 0.25) is 0 Å². The predicted octanol–water partition coefficient (Wildman–Crippen LogP) is 0.223. The third-order valence-electron chi connectivity index (χ3n) is 2.41. The zero-order valence-electron chi connectivity index (χ0n) is 9.74. The molecule has 0 unspecified atom stereocenters. The normalized spacial score (nSPS) is 22.0. The summed E-state index contributed by atoms with van der Waals surface area (Å²) in [4.78, 5) is 16.8. The van der Waals surface area contributed by atoms with Crippen molar-refractivity contribution in [1.29, 1.82) is 0 Å². The van der Waals surface area contributed by atoms with E-state index in [0.717, 1.165) is 4.53 Å². The molecule has 3 aliphatic heterocycles. The van der Waals surface area contributed by atoms with Crippen molar-refractivity contribution in [3.05, 3.63) is 35.5 Å². The molecule has 1 aromatic rings. The zero-order valence-corrected chi connectivity index (χ0v) is 19.9. The second kappa shape index (κ2) is 6.76. The molecule has 0 spiro atoms. The molecule has 0 saturated carbocycles. The molecule has 0 N–H and O–H groups in total. The molecule has 9 heteroatoms. The van der Waals surface area contributed by atoms with Crippen LogP contribution in [0.4, 0.5) is 0 Å². The van der Waals surface area contributed by atoms with Crippen LogP contribution >= 0.6 is 46.2 Å². The van der Waals surface area contributed by atoms with Crippen molar-refractivity contribution in [2.45, 2.75) is 0 Å². The molecule has 3 aliphatic rings. The van der Waals surface area contributed by atoms with E-state index >= 15 is 0 Å². The SMILES string of the molecule is O=c1sc(=C2[Se]C3=C(SCCS3)[Se]2)sc1=C1[Se]C=C[Se]1. The Bertz CT molecular complexity index is 773. The van der Waals surface area contributed by atoms with Crippen molar-refractivity contribution in [1.82, 2.24) is 0 Å². The van der Waals surface area contributed by atoms with Gasteiger partial charge in [-0.3, -0.25) is 0 Å². The summed E-state index contributed by atoms with van der Waals surface area (Å²) in [7, 11) is 0. The molecule has 0 radical (unpaired) electrons. The second-order valence-corrected chi connectivity index (χ2v) is 20.1. The summed E-state index contributed by atoms with van der Waals surface area (Å²) >= 11 is 9.43. The van der Waals surface area contributed by atoms with E-state index in [1.807, 2.05) is 11.3 Å². The fraction of sp³-hybridized carbons (Fsp3) is 0.182. The first kappa shape index (κ1) is 15.4. The Balaban J connectivity index is 1.78. The van der Waals surface area contributed by atoms with Crippen LogP contribution in [0.15, 0.2) is 22.4 Å². The molecule has 1 nitrogen and oxygen atoms in total. The molecule has 4 rings (SSSR count).